The van der Waals surface area contributed by atoms with Gasteiger partial charge in [-0.3, -0.25) is 4.79 Å². The van der Waals surface area contributed by atoms with Crippen molar-refractivity contribution >= 4 is 5.91 Å². The maximum atomic E-state index is 13.1. The number of carbonyl (C=O) groups excluding carboxylic acids is 1. The molecule has 0 spiro atoms. The van der Waals surface area contributed by atoms with Gasteiger partial charge < -0.3 is 5.32 Å². The standard InChI is InChI=1S/C24H21N3O.C2H6/c1-18-22(24(28)25-17-19-11-5-2-6-12-19)23(20-13-7-3-8-14-20)26-27(18)21-15-9-4-10-16-21;1-2/h2-16H,17H2,1H3,(H,25,28);1-2H3. The molecule has 0 bridgehead atoms. The molecule has 1 aromatic heterocycles. The van der Waals surface area contributed by atoms with E-state index in [1.165, 1.54) is 0 Å². The molecule has 30 heavy (non-hydrogen) atoms. The highest BCUT2D eigenvalue weighted by atomic mass is 16.1. The summed E-state index contributed by atoms with van der Waals surface area (Å²) in [4.78, 5) is 13.1. The van der Waals surface area contributed by atoms with Crippen molar-refractivity contribution < 1.29 is 4.79 Å². The first-order chi connectivity index (χ1) is 14.7. The van der Waals surface area contributed by atoms with E-state index in [0.717, 1.165) is 22.5 Å². The number of rotatable bonds is 5. The maximum absolute atomic E-state index is 13.1. The van der Waals surface area contributed by atoms with Crippen LogP contribution in [-0.2, 0) is 6.54 Å². The Balaban J connectivity index is 0.00000124. The van der Waals surface area contributed by atoms with Gasteiger partial charge in [-0.15, -0.1) is 0 Å². The Hall–Kier alpha value is -3.66. The third-order valence-corrected chi connectivity index (χ3v) is 4.69. The van der Waals surface area contributed by atoms with Crippen molar-refractivity contribution in [2.24, 2.45) is 0 Å². The lowest BCUT2D eigenvalue weighted by atomic mass is 10.1. The first-order valence-electron chi connectivity index (χ1n) is 10.3. The van der Waals surface area contributed by atoms with Crippen LogP contribution >= 0.6 is 0 Å². The molecule has 1 heterocycles. The number of hydrogen-bond donors (Lipinski definition) is 1. The molecule has 0 saturated heterocycles. The zero-order valence-corrected chi connectivity index (χ0v) is 17.7. The van der Waals surface area contributed by atoms with E-state index in [1.807, 2.05) is 116 Å². The van der Waals surface area contributed by atoms with E-state index in [1.54, 1.807) is 0 Å². The lowest BCUT2D eigenvalue weighted by Crippen LogP contribution is -2.24. The van der Waals surface area contributed by atoms with Crippen molar-refractivity contribution in [3.8, 4) is 16.9 Å². The molecule has 0 atom stereocenters. The zero-order chi connectivity index (χ0) is 21.3. The molecule has 4 heteroatoms. The minimum atomic E-state index is -0.123. The van der Waals surface area contributed by atoms with Gasteiger partial charge in [0, 0.05) is 12.1 Å². The second-order valence-corrected chi connectivity index (χ2v) is 6.59. The van der Waals surface area contributed by atoms with Crippen LogP contribution in [-0.4, -0.2) is 15.7 Å². The summed E-state index contributed by atoms with van der Waals surface area (Å²) in [7, 11) is 0. The summed E-state index contributed by atoms with van der Waals surface area (Å²) in [5, 5.41) is 7.82. The lowest BCUT2D eigenvalue weighted by molar-refractivity contribution is 0.0951. The van der Waals surface area contributed by atoms with Crippen LogP contribution in [0.1, 0.15) is 35.5 Å². The van der Waals surface area contributed by atoms with Crippen molar-refractivity contribution in [3.63, 3.8) is 0 Å². The summed E-state index contributed by atoms with van der Waals surface area (Å²) >= 11 is 0. The number of nitrogens with zero attached hydrogens (tertiary/aromatic N) is 2. The zero-order valence-electron chi connectivity index (χ0n) is 17.7. The van der Waals surface area contributed by atoms with Gasteiger partial charge in [0.2, 0.25) is 0 Å². The summed E-state index contributed by atoms with van der Waals surface area (Å²) in [6.45, 7) is 6.41. The average molecular weight is 398 g/mol. The first-order valence-corrected chi connectivity index (χ1v) is 10.3. The Kier molecular flexibility index (Phi) is 7.17. The van der Waals surface area contributed by atoms with Crippen LogP contribution in [0.5, 0.6) is 0 Å². The van der Waals surface area contributed by atoms with Crippen molar-refractivity contribution in [2.45, 2.75) is 27.3 Å². The van der Waals surface area contributed by atoms with Crippen LogP contribution in [0.4, 0.5) is 0 Å². The highest BCUT2D eigenvalue weighted by Crippen LogP contribution is 2.27. The van der Waals surface area contributed by atoms with Gasteiger partial charge in [-0.1, -0.05) is 92.7 Å². The molecule has 0 aliphatic carbocycles. The largest absolute Gasteiger partial charge is 0.348 e. The highest BCUT2D eigenvalue weighted by Gasteiger charge is 2.22. The SMILES string of the molecule is CC.Cc1c(C(=O)NCc2ccccc2)c(-c2ccccc2)nn1-c1ccccc1. The molecule has 0 unspecified atom stereocenters. The molecule has 0 aliphatic heterocycles. The van der Waals surface area contributed by atoms with Gasteiger partial charge in [-0.05, 0) is 24.6 Å². The number of amides is 1. The highest BCUT2D eigenvalue weighted by molar-refractivity contribution is 6.01. The molecule has 0 saturated carbocycles. The van der Waals surface area contributed by atoms with E-state index in [0.29, 0.717) is 17.8 Å². The van der Waals surface area contributed by atoms with Gasteiger partial charge in [0.25, 0.3) is 5.91 Å². The fourth-order valence-corrected chi connectivity index (χ4v) is 3.26. The Bertz CT molecular complexity index is 1070. The molecule has 0 fully saturated rings. The first kappa shape index (κ1) is 21.1. The predicted molar refractivity (Wildman–Crippen MR) is 123 cm³/mol. The van der Waals surface area contributed by atoms with Gasteiger partial charge in [-0.25, -0.2) is 4.68 Å². The molecule has 4 rings (SSSR count). The Morgan fingerprint density at radius 1 is 0.833 bits per heavy atom. The second-order valence-electron chi connectivity index (χ2n) is 6.59. The number of carbonyl (C=O) groups is 1. The van der Waals surface area contributed by atoms with Crippen LogP contribution in [0.2, 0.25) is 0 Å². The summed E-state index contributed by atoms with van der Waals surface area (Å²) in [6, 6.07) is 29.6. The van der Waals surface area contributed by atoms with E-state index < -0.39 is 0 Å². The minimum absolute atomic E-state index is 0.123. The normalized spacial score (nSPS) is 10.1. The summed E-state index contributed by atoms with van der Waals surface area (Å²) < 4.78 is 1.83. The van der Waals surface area contributed by atoms with Crippen LogP contribution in [0.25, 0.3) is 16.9 Å². The molecule has 3 aromatic carbocycles. The molecule has 152 valence electrons. The van der Waals surface area contributed by atoms with E-state index in [9.17, 15) is 4.79 Å². The van der Waals surface area contributed by atoms with E-state index in [2.05, 4.69) is 5.32 Å². The van der Waals surface area contributed by atoms with Gasteiger partial charge in [0.1, 0.15) is 5.69 Å². The van der Waals surface area contributed by atoms with Gasteiger partial charge in [-0.2, -0.15) is 5.10 Å². The maximum Gasteiger partial charge on any atom is 0.255 e. The van der Waals surface area contributed by atoms with Gasteiger partial charge in [0.15, 0.2) is 0 Å². The third-order valence-electron chi connectivity index (χ3n) is 4.69. The number of para-hydroxylation sites is 1. The lowest BCUT2D eigenvalue weighted by Gasteiger charge is -2.07. The molecule has 1 amide bonds. The van der Waals surface area contributed by atoms with Gasteiger partial charge in [0.05, 0.1) is 16.9 Å². The fourth-order valence-electron chi connectivity index (χ4n) is 3.26. The Morgan fingerprint density at radius 3 is 1.97 bits per heavy atom. The van der Waals surface area contributed by atoms with Crippen LogP contribution < -0.4 is 5.32 Å². The van der Waals surface area contributed by atoms with Crippen molar-refractivity contribution in [2.75, 3.05) is 0 Å². The van der Waals surface area contributed by atoms with Crippen LogP contribution in [0, 0.1) is 6.92 Å². The fraction of sp³-hybridized carbons (Fsp3) is 0.154. The molecular formula is C26H27N3O. The number of nitrogens with one attached hydrogen (secondary N) is 1. The van der Waals surface area contributed by atoms with Crippen molar-refractivity contribution in [3.05, 3.63) is 108 Å². The molecule has 1 N–H and O–H groups in total. The number of benzene rings is 3. The van der Waals surface area contributed by atoms with Crippen LogP contribution in [0.15, 0.2) is 91.0 Å². The minimum Gasteiger partial charge on any atom is -0.348 e. The van der Waals surface area contributed by atoms with E-state index in [-0.39, 0.29) is 5.91 Å². The number of hydrogen-bond acceptors (Lipinski definition) is 2. The topological polar surface area (TPSA) is 46.9 Å². The van der Waals surface area contributed by atoms with Gasteiger partial charge >= 0.3 is 0 Å². The summed E-state index contributed by atoms with van der Waals surface area (Å²) in [6.07, 6.45) is 0. The van der Waals surface area contributed by atoms with Crippen molar-refractivity contribution in [1.29, 1.82) is 0 Å². The van der Waals surface area contributed by atoms with E-state index >= 15 is 0 Å². The second kappa shape index (κ2) is 10.2. The molecule has 0 radical (unpaired) electrons. The average Bonchev–Trinajstić information content (AvgIpc) is 3.18. The number of aromatic nitrogens is 2. The predicted octanol–water partition coefficient (Wildman–Crippen LogP) is 5.80. The monoisotopic (exact) mass is 397 g/mol. The Labute approximate surface area is 178 Å². The van der Waals surface area contributed by atoms with Crippen molar-refractivity contribution in [1.82, 2.24) is 15.1 Å². The smallest absolute Gasteiger partial charge is 0.255 e. The van der Waals surface area contributed by atoms with E-state index in [4.69, 9.17) is 5.10 Å². The van der Waals surface area contributed by atoms with Crippen LogP contribution in [0.3, 0.4) is 0 Å². The Morgan fingerprint density at radius 2 is 1.37 bits per heavy atom. The molecular weight excluding hydrogens is 370 g/mol. The molecule has 4 aromatic rings. The third kappa shape index (κ3) is 4.66. The molecule has 4 nitrogen and oxygen atoms in total. The quantitative estimate of drug-likeness (QED) is 0.462. The molecule has 0 aliphatic rings. The summed E-state index contributed by atoms with van der Waals surface area (Å²) in [5.74, 6) is -0.123. The summed E-state index contributed by atoms with van der Waals surface area (Å²) in [5.41, 5.74) is 5.02.